The van der Waals surface area contributed by atoms with Crippen molar-refractivity contribution in [2.45, 2.75) is 6.10 Å². The van der Waals surface area contributed by atoms with Crippen LogP contribution in [0.25, 0.3) is 0 Å². The molecule has 1 atom stereocenters. The van der Waals surface area contributed by atoms with Crippen LogP contribution in [0.4, 0.5) is 0 Å². The van der Waals surface area contributed by atoms with Crippen LogP contribution in [0.2, 0.25) is 0 Å². The summed E-state index contributed by atoms with van der Waals surface area (Å²) in [6.45, 7) is -1.40. The highest BCUT2D eigenvalue weighted by Gasteiger charge is 2.07. The van der Waals surface area contributed by atoms with Crippen LogP contribution in [-0.4, -0.2) is 45.5 Å². The number of ketones is 1. The maximum absolute atomic E-state index is 10.4. The Morgan fingerprint density at radius 1 is 1.45 bits per heavy atom. The average Bonchev–Trinajstić information content (AvgIpc) is 2.02. The van der Waals surface area contributed by atoms with Crippen molar-refractivity contribution in [2.24, 2.45) is 0 Å². The molecule has 5 heteroatoms. The van der Waals surface area contributed by atoms with Gasteiger partial charge in [0.15, 0.2) is 5.76 Å². The van der Waals surface area contributed by atoms with Gasteiger partial charge in [0, 0.05) is 0 Å². The summed E-state index contributed by atoms with van der Waals surface area (Å²) in [6.07, 6.45) is -0.510. The first-order valence-electron chi connectivity index (χ1n) is 2.95. The van der Waals surface area contributed by atoms with E-state index in [0.717, 1.165) is 6.08 Å². The first kappa shape index (κ1) is 10.1. The number of hydrogen-bond acceptors (Lipinski definition) is 5. The van der Waals surface area contributed by atoms with Crippen molar-refractivity contribution in [3.8, 4) is 0 Å². The van der Waals surface area contributed by atoms with E-state index in [2.05, 4.69) is 0 Å². The maximum Gasteiger partial charge on any atom is 0.222 e. The standard InChI is InChI=1S/C6H10O5/c7-2-4(9)1-5(10)6(11)3-8/h1,4,7-10H,2-3H2/b5-1-. The van der Waals surface area contributed by atoms with Crippen LogP contribution in [0.3, 0.4) is 0 Å². The predicted molar refractivity (Wildman–Crippen MR) is 35.9 cm³/mol. The van der Waals surface area contributed by atoms with Crippen LogP contribution in [0.5, 0.6) is 0 Å². The molecule has 11 heavy (non-hydrogen) atoms. The summed E-state index contributed by atoms with van der Waals surface area (Å²) in [5.41, 5.74) is 0. The first-order valence-corrected chi connectivity index (χ1v) is 2.95. The molecule has 0 bridgehead atoms. The van der Waals surface area contributed by atoms with Gasteiger partial charge in [-0.15, -0.1) is 0 Å². The molecular formula is C6H10O5. The number of hydrogen-bond donors (Lipinski definition) is 4. The molecule has 0 spiro atoms. The van der Waals surface area contributed by atoms with Gasteiger partial charge < -0.3 is 20.4 Å². The minimum Gasteiger partial charge on any atom is -0.504 e. The molecule has 0 fully saturated rings. The normalized spacial score (nSPS) is 14.6. The summed E-state index contributed by atoms with van der Waals surface area (Å²) in [7, 11) is 0. The lowest BCUT2D eigenvalue weighted by Gasteiger charge is -2.00. The third kappa shape index (κ3) is 3.72. The van der Waals surface area contributed by atoms with Gasteiger partial charge in [-0.1, -0.05) is 0 Å². The van der Waals surface area contributed by atoms with Crippen molar-refractivity contribution in [2.75, 3.05) is 13.2 Å². The molecule has 0 aliphatic carbocycles. The smallest absolute Gasteiger partial charge is 0.222 e. The summed E-state index contributed by atoms with van der Waals surface area (Å²) in [5, 5.41) is 33.8. The van der Waals surface area contributed by atoms with Gasteiger partial charge in [0.05, 0.1) is 12.7 Å². The second-order valence-electron chi connectivity index (χ2n) is 1.88. The highest BCUT2D eigenvalue weighted by atomic mass is 16.3. The van der Waals surface area contributed by atoms with Gasteiger partial charge in [0.1, 0.15) is 6.61 Å². The van der Waals surface area contributed by atoms with E-state index < -0.39 is 30.9 Å². The summed E-state index contributed by atoms with van der Waals surface area (Å²) in [4.78, 5) is 10.4. The van der Waals surface area contributed by atoms with Crippen molar-refractivity contribution < 1.29 is 25.2 Å². The number of carbonyl (C=O) groups excluding carboxylic acids is 1. The Kier molecular flexibility index (Phi) is 4.44. The van der Waals surface area contributed by atoms with Crippen LogP contribution in [0, 0.1) is 0 Å². The third-order valence-corrected chi connectivity index (χ3v) is 0.967. The molecule has 0 aromatic heterocycles. The van der Waals surface area contributed by atoms with Crippen molar-refractivity contribution in [3.05, 3.63) is 11.8 Å². The quantitative estimate of drug-likeness (QED) is 0.293. The van der Waals surface area contributed by atoms with Crippen LogP contribution in [0.15, 0.2) is 11.8 Å². The number of aliphatic hydroxyl groups excluding tert-OH is 4. The molecule has 1 unspecified atom stereocenters. The van der Waals surface area contributed by atoms with Gasteiger partial charge >= 0.3 is 0 Å². The SMILES string of the molecule is O=C(CO)/C(O)=C/C(O)CO. The molecule has 0 aliphatic rings. The number of rotatable bonds is 4. The van der Waals surface area contributed by atoms with E-state index in [0.29, 0.717) is 0 Å². The molecule has 0 amide bonds. The Morgan fingerprint density at radius 2 is 2.00 bits per heavy atom. The van der Waals surface area contributed by atoms with Crippen molar-refractivity contribution in [1.29, 1.82) is 0 Å². The van der Waals surface area contributed by atoms with Gasteiger partial charge in [0.25, 0.3) is 0 Å². The second-order valence-corrected chi connectivity index (χ2v) is 1.88. The molecule has 0 saturated heterocycles. The van der Waals surface area contributed by atoms with Gasteiger partial charge in [0.2, 0.25) is 5.78 Å². The zero-order chi connectivity index (χ0) is 8.85. The average molecular weight is 162 g/mol. The largest absolute Gasteiger partial charge is 0.504 e. The van der Waals surface area contributed by atoms with Crippen LogP contribution < -0.4 is 0 Å². The molecule has 64 valence electrons. The number of carbonyl (C=O) groups is 1. The fraction of sp³-hybridized carbons (Fsp3) is 0.500. The monoisotopic (exact) mass is 162 g/mol. The number of aliphatic hydroxyl groups is 4. The van der Waals surface area contributed by atoms with Crippen molar-refractivity contribution >= 4 is 5.78 Å². The van der Waals surface area contributed by atoms with Crippen molar-refractivity contribution in [3.63, 3.8) is 0 Å². The Hall–Kier alpha value is -0.910. The highest BCUT2D eigenvalue weighted by molar-refractivity contribution is 5.93. The van der Waals surface area contributed by atoms with E-state index in [-0.39, 0.29) is 0 Å². The summed E-state index contributed by atoms with van der Waals surface area (Å²) in [5.74, 6) is -1.63. The van der Waals surface area contributed by atoms with E-state index in [4.69, 9.17) is 20.4 Å². The predicted octanol–water partition coefficient (Wildman–Crippen LogP) is -1.66. The van der Waals surface area contributed by atoms with E-state index in [1.165, 1.54) is 0 Å². The highest BCUT2D eigenvalue weighted by Crippen LogP contribution is 1.93. The molecule has 0 saturated carbocycles. The topological polar surface area (TPSA) is 98.0 Å². The molecule has 0 aromatic carbocycles. The molecule has 5 nitrogen and oxygen atoms in total. The fourth-order valence-corrected chi connectivity index (χ4v) is 0.409. The molecule has 0 radical (unpaired) electrons. The second kappa shape index (κ2) is 4.84. The van der Waals surface area contributed by atoms with Gasteiger partial charge in [-0.05, 0) is 6.08 Å². The van der Waals surface area contributed by atoms with E-state index in [9.17, 15) is 4.79 Å². The minimum atomic E-state index is -1.27. The lowest BCUT2D eigenvalue weighted by molar-refractivity contribution is -0.120. The van der Waals surface area contributed by atoms with Gasteiger partial charge in [-0.2, -0.15) is 0 Å². The van der Waals surface area contributed by atoms with Crippen LogP contribution in [0.1, 0.15) is 0 Å². The fourth-order valence-electron chi connectivity index (χ4n) is 0.409. The Bertz CT molecular complexity index is 162. The zero-order valence-electron chi connectivity index (χ0n) is 5.77. The molecule has 0 rings (SSSR count). The van der Waals surface area contributed by atoms with Crippen molar-refractivity contribution in [1.82, 2.24) is 0 Å². The Labute approximate surface area is 63.2 Å². The minimum absolute atomic E-state index is 0.581. The summed E-state index contributed by atoms with van der Waals surface area (Å²) >= 11 is 0. The number of Topliss-reactive ketones (excluding diaryl/α,β-unsaturated/α-hetero) is 1. The Balaban J connectivity index is 4.09. The van der Waals surface area contributed by atoms with E-state index in [1.807, 2.05) is 0 Å². The zero-order valence-corrected chi connectivity index (χ0v) is 5.77. The third-order valence-electron chi connectivity index (χ3n) is 0.967. The molecule has 0 aliphatic heterocycles. The van der Waals surface area contributed by atoms with Crippen LogP contribution >= 0.6 is 0 Å². The Morgan fingerprint density at radius 3 is 2.36 bits per heavy atom. The van der Waals surface area contributed by atoms with Crippen LogP contribution in [-0.2, 0) is 4.79 Å². The summed E-state index contributed by atoms with van der Waals surface area (Å²) < 4.78 is 0. The molecule has 0 heterocycles. The van der Waals surface area contributed by atoms with Gasteiger partial charge in [-0.3, -0.25) is 4.79 Å². The first-order chi connectivity index (χ1) is 5.11. The lowest BCUT2D eigenvalue weighted by Crippen LogP contribution is -2.14. The lowest BCUT2D eigenvalue weighted by atomic mass is 10.2. The summed E-state index contributed by atoms with van der Waals surface area (Å²) in [6, 6.07) is 0. The van der Waals surface area contributed by atoms with Gasteiger partial charge in [-0.25, -0.2) is 0 Å². The molecule has 4 N–H and O–H groups in total. The van der Waals surface area contributed by atoms with E-state index in [1.54, 1.807) is 0 Å². The van der Waals surface area contributed by atoms with E-state index >= 15 is 0 Å². The molecule has 0 aromatic rings. The molecular weight excluding hydrogens is 152 g/mol. The maximum atomic E-state index is 10.4.